The fourth-order valence-corrected chi connectivity index (χ4v) is 2.81. The van der Waals surface area contributed by atoms with Crippen molar-refractivity contribution in [2.45, 2.75) is 13.8 Å². The second-order valence-corrected chi connectivity index (χ2v) is 5.69. The molecule has 0 aliphatic carbocycles. The molecular formula is C21H19NO2. The summed E-state index contributed by atoms with van der Waals surface area (Å²) in [6.45, 7) is 4.88. The van der Waals surface area contributed by atoms with E-state index in [2.05, 4.69) is 6.07 Å². The van der Waals surface area contributed by atoms with Gasteiger partial charge >= 0.3 is 0 Å². The molecule has 0 unspecified atom stereocenters. The Morgan fingerprint density at radius 3 is 2.29 bits per heavy atom. The van der Waals surface area contributed by atoms with Gasteiger partial charge < -0.3 is 9.47 Å². The number of rotatable bonds is 5. The zero-order valence-corrected chi connectivity index (χ0v) is 13.9. The van der Waals surface area contributed by atoms with E-state index in [1.54, 1.807) is 0 Å². The monoisotopic (exact) mass is 317 g/mol. The molecule has 0 saturated carbocycles. The van der Waals surface area contributed by atoms with Gasteiger partial charge in [0.2, 0.25) is 0 Å². The van der Waals surface area contributed by atoms with Crippen molar-refractivity contribution in [3.63, 3.8) is 0 Å². The van der Waals surface area contributed by atoms with Gasteiger partial charge in [0.15, 0.2) is 0 Å². The van der Waals surface area contributed by atoms with Gasteiger partial charge in [-0.05, 0) is 36.4 Å². The molecule has 3 aromatic carbocycles. The van der Waals surface area contributed by atoms with Gasteiger partial charge in [0, 0.05) is 5.39 Å². The Bertz CT molecular complexity index is 889. The van der Waals surface area contributed by atoms with Gasteiger partial charge in [0.05, 0.1) is 0 Å². The molecule has 0 aromatic heterocycles. The normalized spacial score (nSPS) is 10.4. The lowest BCUT2D eigenvalue weighted by molar-refractivity contribution is 0.215. The Hall–Kier alpha value is -2.99. The Morgan fingerprint density at radius 1 is 0.833 bits per heavy atom. The maximum absolute atomic E-state index is 9.46. The molecule has 0 N–H and O–H groups in total. The molecule has 120 valence electrons. The van der Waals surface area contributed by atoms with E-state index in [9.17, 15) is 5.26 Å². The van der Waals surface area contributed by atoms with Crippen LogP contribution >= 0.6 is 0 Å². The Labute approximate surface area is 142 Å². The summed E-state index contributed by atoms with van der Waals surface area (Å²) in [4.78, 5) is 0. The number of nitriles is 1. The van der Waals surface area contributed by atoms with Gasteiger partial charge in [0.25, 0.3) is 0 Å². The highest BCUT2D eigenvalue weighted by Crippen LogP contribution is 2.27. The van der Waals surface area contributed by atoms with Crippen molar-refractivity contribution in [2.24, 2.45) is 0 Å². The van der Waals surface area contributed by atoms with Crippen LogP contribution in [0.1, 0.15) is 16.7 Å². The summed E-state index contributed by atoms with van der Waals surface area (Å²) in [5.41, 5.74) is 2.79. The van der Waals surface area contributed by atoms with Crippen molar-refractivity contribution >= 4 is 10.8 Å². The van der Waals surface area contributed by atoms with Gasteiger partial charge in [-0.25, -0.2) is 0 Å². The van der Waals surface area contributed by atoms with Crippen LogP contribution in [0.25, 0.3) is 10.8 Å². The number of benzene rings is 3. The minimum absolute atomic E-state index is 0.390. The number of aryl methyl sites for hydroxylation is 2. The van der Waals surface area contributed by atoms with Gasteiger partial charge in [-0.2, -0.15) is 5.26 Å². The van der Waals surface area contributed by atoms with E-state index in [-0.39, 0.29) is 0 Å². The molecule has 0 atom stereocenters. The van der Waals surface area contributed by atoms with E-state index < -0.39 is 0 Å². The van der Waals surface area contributed by atoms with Crippen molar-refractivity contribution in [2.75, 3.05) is 13.2 Å². The number of para-hydroxylation sites is 1. The lowest BCUT2D eigenvalue weighted by Crippen LogP contribution is -2.11. The summed E-state index contributed by atoms with van der Waals surface area (Å²) >= 11 is 0. The highest BCUT2D eigenvalue weighted by Gasteiger charge is 2.09. The van der Waals surface area contributed by atoms with Gasteiger partial charge in [-0.3, -0.25) is 0 Å². The van der Waals surface area contributed by atoms with Gasteiger partial charge in [0.1, 0.15) is 36.3 Å². The van der Waals surface area contributed by atoms with E-state index in [0.717, 1.165) is 27.6 Å². The minimum Gasteiger partial charge on any atom is -0.489 e. The summed E-state index contributed by atoms with van der Waals surface area (Å²) in [7, 11) is 0. The SMILES string of the molecule is Cc1cccc(C)c1OCCOc1ccc2ccccc2c1C#N. The topological polar surface area (TPSA) is 42.2 Å². The Balaban J connectivity index is 1.69. The fraction of sp³-hybridized carbons (Fsp3) is 0.190. The van der Waals surface area contributed by atoms with E-state index in [1.807, 2.05) is 68.4 Å². The minimum atomic E-state index is 0.390. The van der Waals surface area contributed by atoms with Crippen LogP contribution in [0.5, 0.6) is 11.5 Å². The standard InChI is InChI=1S/C21H19NO2/c1-15-6-5-7-16(2)21(15)24-13-12-23-20-11-10-17-8-3-4-9-18(17)19(20)14-22/h3-11H,12-13H2,1-2H3. The van der Waals surface area contributed by atoms with Crippen LogP contribution in [-0.2, 0) is 0 Å². The summed E-state index contributed by atoms with van der Waals surface area (Å²) in [5, 5.41) is 11.4. The molecule has 0 saturated heterocycles. The molecule has 24 heavy (non-hydrogen) atoms. The highest BCUT2D eigenvalue weighted by molar-refractivity contribution is 5.90. The van der Waals surface area contributed by atoms with Gasteiger partial charge in [-0.1, -0.05) is 48.5 Å². The zero-order chi connectivity index (χ0) is 16.9. The summed E-state index contributed by atoms with van der Waals surface area (Å²) in [6, 6.07) is 20.0. The molecule has 0 aliphatic rings. The lowest BCUT2D eigenvalue weighted by atomic mass is 10.0. The molecular weight excluding hydrogens is 298 g/mol. The summed E-state index contributed by atoms with van der Waals surface area (Å²) in [6.07, 6.45) is 0. The highest BCUT2D eigenvalue weighted by atomic mass is 16.5. The largest absolute Gasteiger partial charge is 0.489 e. The number of hydrogen-bond acceptors (Lipinski definition) is 3. The number of fused-ring (bicyclic) bond motifs is 1. The average molecular weight is 317 g/mol. The molecule has 0 aliphatic heterocycles. The Kier molecular flexibility index (Phi) is 4.67. The first kappa shape index (κ1) is 15.9. The van der Waals surface area contributed by atoms with Crippen LogP contribution in [0.4, 0.5) is 0 Å². The third kappa shape index (κ3) is 3.18. The van der Waals surface area contributed by atoms with Crippen LogP contribution in [0.3, 0.4) is 0 Å². The smallest absolute Gasteiger partial charge is 0.137 e. The van der Waals surface area contributed by atoms with Crippen LogP contribution in [0.2, 0.25) is 0 Å². The quantitative estimate of drug-likeness (QED) is 0.636. The third-order valence-corrected chi connectivity index (χ3v) is 4.00. The number of nitrogens with zero attached hydrogens (tertiary/aromatic N) is 1. The van der Waals surface area contributed by atoms with Crippen molar-refractivity contribution in [3.05, 3.63) is 71.3 Å². The number of hydrogen-bond donors (Lipinski definition) is 0. The molecule has 0 bridgehead atoms. The van der Waals surface area contributed by atoms with E-state index in [1.165, 1.54) is 0 Å². The van der Waals surface area contributed by atoms with Crippen LogP contribution in [-0.4, -0.2) is 13.2 Å². The average Bonchev–Trinajstić information content (AvgIpc) is 2.60. The zero-order valence-electron chi connectivity index (χ0n) is 13.9. The summed E-state index contributed by atoms with van der Waals surface area (Å²) < 4.78 is 11.6. The molecule has 0 radical (unpaired) electrons. The van der Waals surface area contributed by atoms with E-state index in [4.69, 9.17) is 9.47 Å². The first-order valence-corrected chi connectivity index (χ1v) is 7.94. The van der Waals surface area contributed by atoms with Crippen molar-refractivity contribution in [1.82, 2.24) is 0 Å². The molecule has 0 heterocycles. The van der Waals surface area contributed by atoms with Crippen molar-refractivity contribution < 1.29 is 9.47 Å². The molecule has 0 spiro atoms. The predicted molar refractivity (Wildman–Crippen MR) is 95.6 cm³/mol. The first-order valence-electron chi connectivity index (χ1n) is 7.94. The molecule has 0 fully saturated rings. The molecule has 3 nitrogen and oxygen atoms in total. The third-order valence-electron chi connectivity index (χ3n) is 4.00. The van der Waals surface area contributed by atoms with E-state index >= 15 is 0 Å². The molecule has 3 heteroatoms. The van der Waals surface area contributed by atoms with Crippen LogP contribution in [0, 0.1) is 25.2 Å². The fourth-order valence-electron chi connectivity index (χ4n) is 2.81. The Morgan fingerprint density at radius 2 is 1.54 bits per heavy atom. The van der Waals surface area contributed by atoms with Crippen molar-refractivity contribution in [1.29, 1.82) is 5.26 Å². The second-order valence-electron chi connectivity index (χ2n) is 5.69. The molecule has 3 rings (SSSR count). The van der Waals surface area contributed by atoms with Crippen molar-refractivity contribution in [3.8, 4) is 17.6 Å². The molecule has 3 aromatic rings. The van der Waals surface area contributed by atoms with Crippen LogP contribution < -0.4 is 9.47 Å². The number of ether oxygens (including phenoxy) is 2. The van der Waals surface area contributed by atoms with Crippen LogP contribution in [0.15, 0.2) is 54.6 Å². The summed E-state index contributed by atoms with van der Waals surface area (Å²) in [5.74, 6) is 1.50. The maximum atomic E-state index is 9.46. The maximum Gasteiger partial charge on any atom is 0.137 e. The predicted octanol–water partition coefficient (Wildman–Crippen LogP) is 4.79. The van der Waals surface area contributed by atoms with Gasteiger partial charge in [-0.15, -0.1) is 0 Å². The second kappa shape index (κ2) is 7.06. The first-order chi connectivity index (χ1) is 11.7. The molecule has 0 amide bonds. The van der Waals surface area contributed by atoms with E-state index in [0.29, 0.717) is 24.5 Å². The lowest BCUT2D eigenvalue weighted by Gasteiger charge is -2.13.